The van der Waals surface area contributed by atoms with Gasteiger partial charge in [0.15, 0.2) is 0 Å². The molecule has 0 heterocycles. The van der Waals surface area contributed by atoms with E-state index < -0.39 is 6.10 Å². The van der Waals surface area contributed by atoms with Crippen LogP contribution in [0.3, 0.4) is 0 Å². The molecule has 0 fully saturated rings. The van der Waals surface area contributed by atoms with E-state index in [-0.39, 0.29) is 0 Å². The van der Waals surface area contributed by atoms with E-state index >= 15 is 0 Å². The summed E-state index contributed by atoms with van der Waals surface area (Å²) >= 11 is 6.05. The van der Waals surface area contributed by atoms with Gasteiger partial charge in [-0.3, -0.25) is 0 Å². The number of rotatable bonds is 5. The van der Waals surface area contributed by atoms with Gasteiger partial charge in [0.25, 0.3) is 0 Å². The number of halogens is 1. The molecule has 0 bridgehead atoms. The van der Waals surface area contributed by atoms with Crippen LogP contribution < -0.4 is 10.1 Å². The van der Waals surface area contributed by atoms with Gasteiger partial charge in [0.1, 0.15) is 5.75 Å². The number of hydrogen-bond acceptors (Lipinski definition) is 3. The zero-order valence-corrected chi connectivity index (χ0v) is 10.6. The molecule has 4 heteroatoms. The van der Waals surface area contributed by atoms with Gasteiger partial charge in [-0.05, 0) is 12.1 Å². The number of aliphatic hydroxyl groups excluding tert-OH is 1. The summed E-state index contributed by atoms with van der Waals surface area (Å²) in [5.41, 5.74) is 0.718. The van der Waals surface area contributed by atoms with Crippen molar-refractivity contribution in [2.24, 2.45) is 0 Å². The van der Waals surface area contributed by atoms with Gasteiger partial charge in [0, 0.05) is 18.2 Å². The standard InChI is InChI=1S/C12H18ClNO2/c1-8(2)14-7-12(15)10-5-4-9(16-3)6-11(10)13/h4-6,8,12,14-15H,7H2,1-3H3. The van der Waals surface area contributed by atoms with Gasteiger partial charge in [-0.2, -0.15) is 0 Å². The number of methoxy groups -OCH3 is 1. The SMILES string of the molecule is COc1ccc(C(O)CNC(C)C)c(Cl)c1. The van der Waals surface area contributed by atoms with Crippen LogP contribution in [-0.2, 0) is 0 Å². The van der Waals surface area contributed by atoms with Crippen molar-refractivity contribution < 1.29 is 9.84 Å². The smallest absolute Gasteiger partial charge is 0.120 e. The lowest BCUT2D eigenvalue weighted by Gasteiger charge is -2.16. The van der Waals surface area contributed by atoms with Crippen LogP contribution in [0.4, 0.5) is 0 Å². The molecule has 1 aromatic rings. The molecule has 1 aromatic carbocycles. The molecule has 0 saturated carbocycles. The third kappa shape index (κ3) is 3.67. The van der Waals surface area contributed by atoms with E-state index in [1.54, 1.807) is 25.3 Å². The summed E-state index contributed by atoms with van der Waals surface area (Å²) in [7, 11) is 1.59. The first kappa shape index (κ1) is 13.3. The molecule has 2 N–H and O–H groups in total. The number of ether oxygens (including phenoxy) is 1. The van der Waals surface area contributed by atoms with Crippen molar-refractivity contribution in [2.75, 3.05) is 13.7 Å². The second-order valence-electron chi connectivity index (χ2n) is 3.97. The summed E-state index contributed by atoms with van der Waals surface area (Å²) in [6.07, 6.45) is -0.596. The van der Waals surface area contributed by atoms with E-state index in [9.17, 15) is 5.11 Å². The summed E-state index contributed by atoms with van der Waals surface area (Å²) in [5.74, 6) is 0.692. The van der Waals surface area contributed by atoms with Crippen LogP contribution in [0, 0.1) is 0 Å². The van der Waals surface area contributed by atoms with Crippen molar-refractivity contribution in [3.63, 3.8) is 0 Å². The average Bonchev–Trinajstić information content (AvgIpc) is 2.25. The molecule has 0 saturated heterocycles. The highest BCUT2D eigenvalue weighted by atomic mass is 35.5. The Balaban J connectivity index is 2.71. The fraction of sp³-hybridized carbons (Fsp3) is 0.500. The van der Waals surface area contributed by atoms with Crippen LogP contribution in [0.2, 0.25) is 5.02 Å². The third-order valence-electron chi connectivity index (χ3n) is 2.29. The Labute approximate surface area is 101 Å². The summed E-state index contributed by atoms with van der Waals surface area (Å²) in [6, 6.07) is 5.62. The quantitative estimate of drug-likeness (QED) is 0.835. The highest BCUT2D eigenvalue weighted by Crippen LogP contribution is 2.26. The van der Waals surface area contributed by atoms with E-state index in [0.717, 1.165) is 5.56 Å². The molecular formula is C12H18ClNO2. The molecule has 1 unspecified atom stereocenters. The molecule has 0 aromatic heterocycles. The van der Waals surface area contributed by atoms with Crippen molar-refractivity contribution >= 4 is 11.6 Å². The lowest BCUT2D eigenvalue weighted by atomic mass is 10.1. The van der Waals surface area contributed by atoms with Gasteiger partial charge in [0.2, 0.25) is 0 Å². The van der Waals surface area contributed by atoms with Gasteiger partial charge in [-0.1, -0.05) is 31.5 Å². The van der Waals surface area contributed by atoms with Crippen molar-refractivity contribution in [1.82, 2.24) is 5.32 Å². The van der Waals surface area contributed by atoms with Crippen molar-refractivity contribution in [1.29, 1.82) is 0 Å². The monoisotopic (exact) mass is 243 g/mol. The number of benzene rings is 1. The van der Waals surface area contributed by atoms with Gasteiger partial charge >= 0.3 is 0 Å². The van der Waals surface area contributed by atoms with Gasteiger partial charge in [-0.15, -0.1) is 0 Å². The minimum Gasteiger partial charge on any atom is -0.497 e. The zero-order chi connectivity index (χ0) is 12.1. The lowest BCUT2D eigenvalue weighted by molar-refractivity contribution is 0.171. The maximum Gasteiger partial charge on any atom is 0.120 e. The summed E-state index contributed by atoms with van der Waals surface area (Å²) in [5, 5.41) is 13.6. The number of aliphatic hydroxyl groups is 1. The maximum absolute atomic E-state index is 9.93. The molecule has 0 spiro atoms. The first-order valence-electron chi connectivity index (χ1n) is 5.29. The second kappa shape index (κ2) is 6.09. The van der Waals surface area contributed by atoms with Gasteiger partial charge < -0.3 is 15.2 Å². The van der Waals surface area contributed by atoms with E-state index in [0.29, 0.717) is 23.4 Å². The molecular weight excluding hydrogens is 226 g/mol. The predicted molar refractivity (Wildman–Crippen MR) is 66.1 cm³/mol. The Morgan fingerprint density at radius 2 is 2.12 bits per heavy atom. The molecule has 3 nitrogen and oxygen atoms in total. The molecule has 0 aliphatic heterocycles. The van der Waals surface area contributed by atoms with Gasteiger partial charge in [0.05, 0.1) is 18.2 Å². The topological polar surface area (TPSA) is 41.5 Å². The minimum atomic E-state index is -0.596. The van der Waals surface area contributed by atoms with Crippen LogP contribution in [0.5, 0.6) is 5.75 Å². The lowest BCUT2D eigenvalue weighted by Crippen LogP contribution is -2.28. The van der Waals surface area contributed by atoms with E-state index in [1.165, 1.54) is 0 Å². The van der Waals surface area contributed by atoms with Crippen LogP contribution in [-0.4, -0.2) is 24.8 Å². The van der Waals surface area contributed by atoms with Crippen LogP contribution in [0.15, 0.2) is 18.2 Å². The summed E-state index contributed by atoms with van der Waals surface area (Å²) in [4.78, 5) is 0. The Kier molecular flexibility index (Phi) is 5.06. The van der Waals surface area contributed by atoms with Crippen LogP contribution >= 0.6 is 11.6 Å². The Morgan fingerprint density at radius 3 is 2.62 bits per heavy atom. The highest BCUT2D eigenvalue weighted by molar-refractivity contribution is 6.31. The Morgan fingerprint density at radius 1 is 1.44 bits per heavy atom. The summed E-state index contributed by atoms with van der Waals surface area (Å²) < 4.78 is 5.05. The van der Waals surface area contributed by atoms with Crippen LogP contribution in [0.1, 0.15) is 25.5 Å². The molecule has 0 aliphatic carbocycles. The molecule has 0 radical (unpaired) electrons. The van der Waals surface area contributed by atoms with Crippen LogP contribution in [0.25, 0.3) is 0 Å². The second-order valence-corrected chi connectivity index (χ2v) is 4.37. The molecule has 0 aliphatic rings. The highest BCUT2D eigenvalue weighted by Gasteiger charge is 2.12. The van der Waals surface area contributed by atoms with Crippen molar-refractivity contribution in [3.8, 4) is 5.75 Å². The van der Waals surface area contributed by atoms with E-state index in [4.69, 9.17) is 16.3 Å². The predicted octanol–water partition coefficient (Wildman–Crippen LogP) is 2.38. The third-order valence-corrected chi connectivity index (χ3v) is 2.61. The maximum atomic E-state index is 9.93. The minimum absolute atomic E-state index is 0.340. The molecule has 16 heavy (non-hydrogen) atoms. The van der Waals surface area contributed by atoms with Crippen molar-refractivity contribution in [2.45, 2.75) is 26.0 Å². The number of nitrogens with one attached hydrogen (secondary N) is 1. The molecule has 90 valence electrons. The molecule has 1 rings (SSSR count). The van der Waals surface area contributed by atoms with E-state index in [2.05, 4.69) is 5.32 Å². The molecule has 1 atom stereocenters. The Bertz CT molecular complexity index is 342. The number of hydrogen-bond donors (Lipinski definition) is 2. The first-order chi connectivity index (χ1) is 7.54. The molecule has 0 amide bonds. The van der Waals surface area contributed by atoms with Crippen molar-refractivity contribution in [3.05, 3.63) is 28.8 Å². The Hall–Kier alpha value is -0.770. The first-order valence-corrected chi connectivity index (χ1v) is 5.67. The summed E-state index contributed by atoms with van der Waals surface area (Å²) in [6.45, 7) is 4.55. The average molecular weight is 244 g/mol. The zero-order valence-electron chi connectivity index (χ0n) is 9.83. The fourth-order valence-electron chi connectivity index (χ4n) is 1.36. The largest absolute Gasteiger partial charge is 0.497 e. The normalized spacial score (nSPS) is 12.9. The fourth-order valence-corrected chi connectivity index (χ4v) is 1.66. The van der Waals surface area contributed by atoms with E-state index in [1.807, 2.05) is 13.8 Å². The van der Waals surface area contributed by atoms with Gasteiger partial charge in [-0.25, -0.2) is 0 Å².